The van der Waals surface area contributed by atoms with Crippen LogP contribution < -0.4 is 10.1 Å². The summed E-state index contributed by atoms with van der Waals surface area (Å²) in [6, 6.07) is 12.7. The normalized spacial score (nSPS) is 16.8. The van der Waals surface area contributed by atoms with E-state index >= 15 is 0 Å². The Bertz CT molecular complexity index is 916. The molecule has 1 amide bonds. The third-order valence-corrected chi connectivity index (χ3v) is 4.57. The van der Waals surface area contributed by atoms with Crippen LogP contribution in [0.2, 0.25) is 0 Å². The zero-order valence-corrected chi connectivity index (χ0v) is 14.9. The fourth-order valence-electron chi connectivity index (χ4n) is 3.14. The van der Waals surface area contributed by atoms with Gasteiger partial charge in [0.1, 0.15) is 17.9 Å². The number of ether oxygens (including phenoxy) is 2. The molecule has 0 aliphatic carbocycles. The van der Waals surface area contributed by atoms with E-state index < -0.39 is 0 Å². The lowest BCUT2D eigenvalue weighted by atomic mass is 10.1. The highest BCUT2D eigenvalue weighted by atomic mass is 16.5. The molecule has 0 bridgehead atoms. The molecule has 1 N–H and O–H groups in total. The van der Waals surface area contributed by atoms with Crippen molar-refractivity contribution in [3.8, 4) is 5.75 Å². The molecule has 2 aromatic carbocycles. The molecule has 27 heavy (non-hydrogen) atoms. The van der Waals surface area contributed by atoms with Crippen molar-refractivity contribution in [1.82, 2.24) is 9.97 Å². The molecule has 6 nitrogen and oxygen atoms in total. The summed E-state index contributed by atoms with van der Waals surface area (Å²) in [7, 11) is 0. The Labute approximate surface area is 157 Å². The molecule has 3 aromatic rings. The minimum Gasteiger partial charge on any atom is -0.491 e. The number of nitrogens with one attached hydrogen (secondary N) is 1. The number of hydrogen-bond acceptors (Lipinski definition) is 5. The highest BCUT2D eigenvalue weighted by molar-refractivity contribution is 6.11. The van der Waals surface area contributed by atoms with E-state index in [1.54, 1.807) is 24.5 Å². The van der Waals surface area contributed by atoms with Crippen LogP contribution in [0.15, 0.2) is 54.9 Å². The van der Waals surface area contributed by atoms with Gasteiger partial charge in [-0.25, -0.2) is 0 Å². The van der Waals surface area contributed by atoms with E-state index in [0.717, 1.165) is 25.2 Å². The maximum absolute atomic E-state index is 12.6. The van der Waals surface area contributed by atoms with E-state index in [9.17, 15) is 4.79 Å². The van der Waals surface area contributed by atoms with Crippen molar-refractivity contribution in [2.45, 2.75) is 25.4 Å². The first-order chi connectivity index (χ1) is 13.3. The number of para-hydroxylation sites is 1. The van der Waals surface area contributed by atoms with Crippen LogP contribution >= 0.6 is 0 Å². The lowest BCUT2D eigenvalue weighted by molar-refractivity contribution is -0.0110. The van der Waals surface area contributed by atoms with Gasteiger partial charge in [-0.2, -0.15) is 0 Å². The van der Waals surface area contributed by atoms with Gasteiger partial charge in [0.05, 0.1) is 17.2 Å². The first kappa shape index (κ1) is 17.4. The summed E-state index contributed by atoms with van der Waals surface area (Å²) in [4.78, 5) is 21.1. The van der Waals surface area contributed by atoms with Gasteiger partial charge in [-0.1, -0.05) is 6.07 Å². The van der Waals surface area contributed by atoms with Crippen molar-refractivity contribution in [1.29, 1.82) is 0 Å². The summed E-state index contributed by atoms with van der Waals surface area (Å²) in [5.41, 5.74) is 2.47. The zero-order chi connectivity index (χ0) is 18.5. The number of anilines is 1. The fourth-order valence-corrected chi connectivity index (χ4v) is 3.14. The van der Waals surface area contributed by atoms with Crippen molar-refractivity contribution >= 4 is 22.6 Å². The van der Waals surface area contributed by atoms with Crippen molar-refractivity contribution in [3.63, 3.8) is 0 Å². The van der Waals surface area contributed by atoms with Gasteiger partial charge in [0.2, 0.25) is 0 Å². The Morgan fingerprint density at radius 3 is 2.78 bits per heavy atom. The van der Waals surface area contributed by atoms with E-state index in [1.807, 2.05) is 30.3 Å². The average Bonchev–Trinajstić information content (AvgIpc) is 2.73. The number of benzene rings is 2. The van der Waals surface area contributed by atoms with Crippen LogP contribution in [-0.4, -0.2) is 35.2 Å². The first-order valence-corrected chi connectivity index (χ1v) is 9.15. The number of carbonyl (C=O) groups is 1. The molecule has 1 atom stereocenters. The van der Waals surface area contributed by atoms with Gasteiger partial charge < -0.3 is 14.8 Å². The lowest BCUT2D eigenvalue weighted by Crippen LogP contribution is -2.25. The van der Waals surface area contributed by atoms with Gasteiger partial charge >= 0.3 is 0 Å². The van der Waals surface area contributed by atoms with Crippen LogP contribution in [-0.2, 0) is 4.74 Å². The highest BCUT2D eigenvalue weighted by Gasteiger charge is 2.15. The third-order valence-electron chi connectivity index (χ3n) is 4.57. The summed E-state index contributed by atoms with van der Waals surface area (Å²) in [6.07, 6.45) is 6.74. The Morgan fingerprint density at radius 2 is 1.96 bits per heavy atom. The monoisotopic (exact) mass is 363 g/mol. The SMILES string of the molecule is O=C(Nc1ccc(OCC2CCCCO2)cc1)c1cccc2nccnc12. The molecule has 1 aliphatic heterocycles. The molecule has 1 unspecified atom stereocenters. The van der Waals surface area contributed by atoms with Crippen LogP contribution in [0.25, 0.3) is 11.0 Å². The summed E-state index contributed by atoms with van der Waals surface area (Å²) < 4.78 is 11.5. The smallest absolute Gasteiger partial charge is 0.257 e. The standard InChI is InChI=1S/C21H21N3O3/c25-21(18-5-3-6-19-20(18)23-12-11-22-19)24-15-7-9-16(10-8-15)27-14-17-4-1-2-13-26-17/h3,5-12,17H,1-2,4,13-14H2,(H,24,25). The van der Waals surface area contributed by atoms with Crippen molar-refractivity contribution in [2.24, 2.45) is 0 Å². The Balaban J connectivity index is 1.39. The van der Waals surface area contributed by atoms with Gasteiger partial charge in [0.25, 0.3) is 5.91 Å². The predicted octanol–water partition coefficient (Wildman–Crippen LogP) is 3.83. The second-order valence-electron chi connectivity index (χ2n) is 6.51. The summed E-state index contributed by atoms with van der Waals surface area (Å²) in [6.45, 7) is 1.37. The molecular weight excluding hydrogens is 342 g/mol. The molecule has 1 aromatic heterocycles. The van der Waals surface area contributed by atoms with Crippen molar-refractivity contribution in [2.75, 3.05) is 18.5 Å². The van der Waals surface area contributed by atoms with E-state index in [1.165, 1.54) is 6.42 Å². The molecule has 6 heteroatoms. The van der Waals surface area contributed by atoms with Crippen molar-refractivity contribution in [3.05, 3.63) is 60.4 Å². The lowest BCUT2D eigenvalue weighted by Gasteiger charge is -2.22. The molecule has 1 aliphatic rings. The Morgan fingerprint density at radius 1 is 1.11 bits per heavy atom. The van der Waals surface area contributed by atoms with Crippen LogP contribution in [0.5, 0.6) is 5.75 Å². The maximum atomic E-state index is 12.6. The minimum absolute atomic E-state index is 0.172. The van der Waals surface area contributed by atoms with Gasteiger partial charge in [-0.3, -0.25) is 14.8 Å². The second-order valence-corrected chi connectivity index (χ2v) is 6.51. The predicted molar refractivity (Wildman–Crippen MR) is 103 cm³/mol. The molecule has 0 radical (unpaired) electrons. The average molecular weight is 363 g/mol. The Hall–Kier alpha value is -2.99. The molecule has 1 fully saturated rings. The number of amides is 1. The van der Waals surface area contributed by atoms with Gasteiger partial charge in [-0.15, -0.1) is 0 Å². The number of hydrogen-bond donors (Lipinski definition) is 1. The zero-order valence-electron chi connectivity index (χ0n) is 14.9. The Kier molecular flexibility index (Phi) is 5.25. The topological polar surface area (TPSA) is 73.3 Å². The van der Waals surface area contributed by atoms with Crippen LogP contribution in [0, 0.1) is 0 Å². The number of fused-ring (bicyclic) bond motifs is 1. The fraction of sp³-hybridized carbons (Fsp3) is 0.286. The van der Waals surface area contributed by atoms with E-state index in [0.29, 0.717) is 28.9 Å². The van der Waals surface area contributed by atoms with Gasteiger partial charge in [0.15, 0.2) is 0 Å². The molecule has 0 spiro atoms. The van der Waals surface area contributed by atoms with Gasteiger partial charge in [-0.05, 0) is 55.7 Å². The molecular formula is C21H21N3O3. The first-order valence-electron chi connectivity index (χ1n) is 9.15. The molecule has 0 saturated carbocycles. The van der Waals surface area contributed by atoms with Crippen molar-refractivity contribution < 1.29 is 14.3 Å². The third kappa shape index (κ3) is 4.23. The molecule has 2 heterocycles. The number of carbonyl (C=O) groups excluding carboxylic acids is 1. The molecule has 4 rings (SSSR count). The van der Waals surface area contributed by atoms with Crippen LogP contribution in [0.3, 0.4) is 0 Å². The van der Waals surface area contributed by atoms with E-state index in [-0.39, 0.29) is 12.0 Å². The maximum Gasteiger partial charge on any atom is 0.257 e. The largest absolute Gasteiger partial charge is 0.491 e. The second kappa shape index (κ2) is 8.14. The number of nitrogens with zero attached hydrogens (tertiary/aromatic N) is 2. The van der Waals surface area contributed by atoms with Crippen LogP contribution in [0.1, 0.15) is 29.6 Å². The number of rotatable bonds is 5. The highest BCUT2D eigenvalue weighted by Crippen LogP contribution is 2.20. The van der Waals surface area contributed by atoms with E-state index in [4.69, 9.17) is 9.47 Å². The summed E-state index contributed by atoms with van der Waals surface area (Å²) >= 11 is 0. The molecule has 138 valence electrons. The summed E-state index contributed by atoms with van der Waals surface area (Å²) in [5.74, 6) is 0.545. The van der Waals surface area contributed by atoms with Crippen LogP contribution in [0.4, 0.5) is 5.69 Å². The van der Waals surface area contributed by atoms with Gasteiger partial charge in [0, 0.05) is 24.7 Å². The van der Waals surface area contributed by atoms with E-state index in [2.05, 4.69) is 15.3 Å². The summed E-state index contributed by atoms with van der Waals surface area (Å²) in [5, 5.41) is 2.90. The number of aromatic nitrogens is 2. The molecule has 1 saturated heterocycles. The minimum atomic E-state index is -0.217. The quantitative estimate of drug-likeness (QED) is 0.746.